The number of hydrogen-bond acceptors (Lipinski definition) is 4. The van der Waals surface area contributed by atoms with E-state index < -0.39 is 11.7 Å². The molecule has 1 atom stereocenters. The first-order chi connectivity index (χ1) is 10.2. The number of nitrogens with one attached hydrogen (secondary N) is 2. The first-order valence-corrected chi connectivity index (χ1v) is 7.94. The second-order valence-corrected chi connectivity index (χ2v) is 6.79. The molecule has 0 spiro atoms. The Labute approximate surface area is 133 Å². The van der Waals surface area contributed by atoms with E-state index >= 15 is 0 Å². The van der Waals surface area contributed by atoms with E-state index in [-0.39, 0.29) is 0 Å². The van der Waals surface area contributed by atoms with Crippen molar-refractivity contribution in [2.24, 2.45) is 13.0 Å². The van der Waals surface area contributed by atoms with Gasteiger partial charge in [0.1, 0.15) is 11.4 Å². The van der Waals surface area contributed by atoms with Crippen molar-refractivity contribution < 1.29 is 9.53 Å². The van der Waals surface area contributed by atoms with Crippen LogP contribution in [0.4, 0.5) is 10.6 Å². The minimum Gasteiger partial charge on any atom is -0.444 e. The highest BCUT2D eigenvalue weighted by molar-refractivity contribution is 5.84. The van der Waals surface area contributed by atoms with Gasteiger partial charge in [0.15, 0.2) is 0 Å². The third-order valence-corrected chi connectivity index (χ3v) is 3.22. The maximum Gasteiger partial charge on any atom is 0.413 e. The first kappa shape index (κ1) is 18.5. The Balaban J connectivity index is 2.58. The molecule has 0 aliphatic rings. The van der Waals surface area contributed by atoms with E-state index in [2.05, 4.69) is 29.6 Å². The predicted octanol–water partition coefficient (Wildman–Crippen LogP) is 3.29. The molecule has 22 heavy (non-hydrogen) atoms. The van der Waals surface area contributed by atoms with E-state index in [9.17, 15) is 4.79 Å². The Morgan fingerprint density at radius 2 is 2.14 bits per heavy atom. The molecule has 0 aromatic carbocycles. The lowest BCUT2D eigenvalue weighted by Gasteiger charge is -2.20. The fourth-order valence-corrected chi connectivity index (χ4v) is 2.22. The number of rotatable bonds is 7. The van der Waals surface area contributed by atoms with E-state index in [0.29, 0.717) is 18.3 Å². The summed E-state index contributed by atoms with van der Waals surface area (Å²) >= 11 is 0. The summed E-state index contributed by atoms with van der Waals surface area (Å²) in [5.41, 5.74) is 0.438. The van der Waals surface area contributed by atoms with Crippen molar-refractivity contribution >= 4 is 11.9 Å². The number of carbonyl (C=O) groups excluding carboxylic acids is 1. The maximum absolute atomic E-state index is 11.9. The van der Waals surface area contributed by atoms with Gasteiger partial charge in [-0.25, -0.2) is 4.79 Å². The van der Waals surface area contributed by atoms with Crippen LogP contribution in [-0.4, -0.2) is 28.0 Å². The monoisotopic (exact) mass is 310 g/mol. The van der Waals surface area contributed by atoms with Gasteiger partial charge < -0.3 is 10.1 Å². The molecule has 1 aromatic rings. The molecule has 1 unspecified atom stereocenters. The van der Waals surface area contributed by atoms with Crippen molar-refractivity contribution in [2.75, 3.05) is 11.9 Å². The second kappa shape index (κ2) is 8.17. The van der Waals surface area contributed by atoms with Gasteiger partial charge in [0.2, 0.25) is 0 Å². The molecule has 0 aliphatic carbocycles. The van der Waals surface area contributed by atoms with Crippen LogP contribution in [0.1, 0.15) is 53.0 Å². The highest BCUT2D eigenvalue weighted by Crippen LogP contribution is 2.16. The number of ether oxygens (including phenoxy) is 1. The van der Waals surface area contributed by atoms with Crippen LogP contribution < -0.4 is 10.6 Å². The Kier molecular flexibility index (Phi) is 6.87. The summed E-state index contributed by atoms with van der Waals surface area (Å²) in [7, 11) is 1.80. The number of hydrogen-bond donors (Lipinski definition) is 2. The fourth-order valence-electron chi connectivity index (χ4n) is 2.22. The number of amides is 1. The molecule has 1 heterocycles. The molecule has 0 radical (unpaired) electrons. The van der Waals surface area contributed by atoms with Crippen molar-refractivity contribution in [3.05, 3.63) is 11.8 Å². The van der Waals surface area contributed by atoms with E-state index in [0.717, 1.165) is 12.1 Å². The molecule has 0 aliphatic heterocycles. The van der Waals surface area contributed by atoms with Crippen molar-refractivity contribution in [1.29, 1.82) is 0 Å². The smallest absolute Gasteiger partial charge is 0.413 e. The molecule has 1 rings (SSSR count). The van der Waals surface area contributed by atoms with Gasteiger partial charge in [0.25, 0.3) is 0 Å². The largest absolute Gasteiger partial charge is 0.444 e. The molecule has 1 aromatic heterocycles. The summed E-state index contributed by atoms with van der Waals surface area (Å²) in [6, 6.07) is 0. The van der Waals surface area contributed by atoms with Gasteiger partial charge >= 0.3 is 6.09 Å². The molecule has 6 nitrogen and oxygen atoms in total. The van der Waals surface area contributed by atoms with Gasteiger partial charge in [-0.15, -0.1) is 0 Å². The van der Waals surface area contributed by atoms with Gasteiger partial charge in [-0.3, -0.25) is 10.00 Å². The zero-order valence-corrected chi connectivity index (χ0v) is 14.7. The topological polar surface area (TPSA) is 68.2 Å². The van der Waals surface area contributed by atoms with Gasteiger partial charge in [0, 0.05) is 19.2 Å². The molecule has 1 amide bonds. The van der Waals surface area contributed by atoms with Crippen molar-refractivity contribution in [2.45, 2.75) is 59.6 Å². The molecule has 126 valence electrons. The normalized spacial score (nSPS) is 13.0. The van der Waals surface area contributed by atoms with Crippen LogP contribution in [0.25, 0.3) is 0 Å². The summed E-state index contributed by atoms with van der Waals surface area (Å²) in [5, 5.41) is 10.4. The minimum atomic E-state index is -0.517. The van der Waals surface area contributed by atoms with E-state index in [1.54, 1.807) is 17.9 Å². The lowest BCUT2D eigenvalue weighted by atomic mass is 10.1. The number of aromatic nitrogens is 2. The van der Waals surface area contributed by atoms with E-state index in [1.165, 1.54) is 12.8 Å². The predicted molar refractivity (Wildman–Crippen MR) is 88.8 cm³/mol. The van der Waals surface area contributed by atoms with Crippen molar-refractivity contribution in [3.63, 3.8) is 0 Å². The van der Waals surface area contributed by atoms with Gasteiger partial charge in [-0.2, -0.15) is 5.10 Å². The minimum absolute atomic E-state index is 0.461. The highest BCUT2D eigenvalue weighted by atomic mass is 16.6. The fraction of sp³-hybridized carbons (Fsp3) is 0.750. The molecule has 0 bridgehead atoms. The van der Waals surface area contributed by atoms with Crippen LogP contribution >= 0.6 is 0 Å². The molecular weight excluding hydrogens is 280 g/mol. The Morgan fingerprint density at radius 3 is 2.73 bits per heavy atom. The van der Waals surface area contributed by atoms with Crippen molar-refractivity contribution in [3.8, 4) is 0 Å². The third-order valence-electron chi connectivity index (χ3n) is 3.22. The molecule has 0 saturated carbocycles. The molecule has 6 heteroatoms. The van der Waals surface area contributed by atoms with E-state index in [4.69, 9.17) is 4.74 Å². The quantitative estimate of drug-likeness (QED) is 0.811. The molecular formula is C16H30N4O2. The van der Waals surface area contributed by atoms with Crippen molar-refractivity contribution in [1.82, 2.24) is 15.1 Å². The Hall–Kier alpha value is -1.56. The zero-order valence-electron chi connectivity index (χ0n) is 14.7. The van der Waals surface area contributed by atoms with Crippen LogP contribution in [0.3, 0.4) is 0 Å². The number of aryl methyl sites for hydroxylation is 1. The maximum atomic E-state index is 11.9. The highest BCUT2D eigenvalue weighted by Gasteiger charge is 2.19. The first-order valence-electron chi connectivity index (χ1n) is 7.94. The summed E-state index contributed by atoms with van der Waals surface area (Å²) in [6.07, 6.45) is 3.71. The van der Waals surface area contributed by atoms with Gasteiger partial charge in [-0.1, -0.05) is 20.3 Å². The number of anilines is 1. The Morgan fingerprint density at radius 1 is 1.45 bits per heavy atom. The SMILES string of the molecule is CCCC(C)CNCc1cnn(C)c1NC(=O)OC(C)(C)C. The standard InChI is InChI=1S/C16H30N4O2/c1-7-8-12(2)9-17-10-13-11-18-20(6)14(13)19-15(21)22-16(3,4)5/h11-12,17H,7-10H2,1-6H3,(H,19,21). The Bertz CT molecular complexity index is 477. The lowest BCUT2D eigenvalue weighted by molar-refractivity contribution is 0.0634. The van der Waals surface area contributed by atoms with Crippen LogP contribution in [0, 0.1) is 5.92 Å². The summed E-state index contributed by atoms with van der Waals surface area (Å²) < 4.78 is 6.93. The average molecular weight is 310 g/mol. The number of nitrogens with zero attached hydrogens (tertiary/aromatic N) is 2. The molecule has 0 saturated heterocycles. The summed E-state index contributed by atoms with van der Waals surface area (Å²) in [4.78, 5) is 11.9. The summed E-state index contributed by atoms with van der Waals surface area (Å²) in [6.45, 7) is 11.6. The molecule has 0 fully saturated rings. The lowest BCUT2D eigenvalue weighted by Crippen LogP contribution is -2.28. The van der Waals surface area contributed by atoms with Gasteiger partial charge in [0.05, 0.1) is 6.20 Å². The van der Waals surface area contributed by atoms with Crippen LogP contribution in [0.15, 0.2) is 6.20 Å². The average Bonchev–Trinajstić information content (AvgIpc) is 2.69. The second-order valence-electron chi connectivity index (χ2n) is 6.79. The summed E-state index contributed by atoms with van der Waals surface area (Å²) in [5.74, 6) is 1.31. The number of carbonyl (C=O) groups is 1. The van der Waals surface area contributed by atoms with Gasteiger partial charge in [-0.05, 0) is 39.7 Å². The van der Waals surface area contributed by atoms with Crippen LogP contribution in [-0.2, 0) is 18.3 Å². The zero-order chi connectivity index (χ0) is 16.8. The van der Waals surface area contributed by atoms with Crippen LogP contribution in [0.5, 0.6) is 0 Å². The van der Waals surface area contributed by atoms with Crippen LogP contribution in [0.2, 0.25) is 0 Å². The van der Waals surface area contributed by atoms with E-state index in [1.807, 2.05) is 20.8 Å². The third kappa shape index (κ3) is 6.47. The molecule has 2 N–H and O–H groups in total.